The molecule has 1 heterocycles. The van der Waals surface area contributed by atoms with Gasteiger partial charge in [0.15, 0.2) is 5.78 Å². The zero-order chi connectivity index (χ0) is 24.3. The van der Waals surface area contributed by atoms with Crippen LogP contribution in [0.1, 0.15) is 92.4 Å². The Morgan fingerprint density at radius 2 is 1.62 bits per heavy atom. The Balaban J connectivity index is 1.38. The first kappa shape index (κ1) is 22.3. The number of fused-ring (bicyclic) bond motifs is 6. The molecule has 0 aromatic carbocycles. The van der Waals surface area contributed by atoms with Crippen molar-refractivity contribution in [3.8, 4) is 0 Å². The Labute approximate surface area is 203 Å². The summed E-state index contributed by atoms with van der Waals surface area (Å²) in [6.45, 7) is 11.9. The SMILES string of the molecule is CC1(C)CC[C@@]23CC[C@]4(C)[C@@](OC2=O)([C@@H]3C1)[C@H]1C[C@H]1[C@@H]1[C@@]2(C)C[C@@H](O)[C@H](O)C(=O)[C@@H]2CC[C@]14C. The molecule has 34 heavy (non-hydrogen) atoms. The lowest BCUT2D eigenvalue weighted by molar-refractivity contribution is -0.280. The molecule has 7 fully saturated rings. The smallest absolute Gasteiger partial charge is 0.313 e. The molecule has 7 aliphatic rings. The van der Waals surface area contributed by atoms with E-state index in [1.54, 1.807) is 0 Å². The van der Waals surface area contributed by atoms with Crippen LogP contribution in [0.3, 0.4) is 0 Å². The number of aliphatic hydroxyl groups excluding tert-OH is 2. The lowest BCUT2D eigenvalue weighted by Crippen LogP contribution is -2.73. The number of hydrogen-bond acceptors (Lipinski definition) is 5. The normalized spacial score (nSPS) is 63.0. The van der Waals surface area contributed by atoms with E-state index >= 15 is 0 Å². The van der Waals surface area contributed by atoms with Crippen molar-refractivity contribution in [2.24, 2.45) is 56.7 Å². The first-order chi connectivity index (χ1) is 15.8. The molecule has 12 atom stereocenters. The predicted molar refractivity (Wildman–Crippen MR) is 125 cm³/mol. The van der Waals surface area contributed by atoms with Crippen LogP contribution in [0.25, 0.3) is 0 Å². The van der Waals surface area contributed by atoms with Crippen molar-refractivity contribution in [1.82, 2.24) is 0 Å². The number of carbonyl (C=O) groups is 2. The maximum Gasteiger partial charge on any atom is 0.313 e. The highest BCUT2D eigenvalue weighted by Crippen LogP contribution is 2.86. The van der Waals surface area contributed by atoms with E-state index in [1.807, 2.05) is 0 Å². The van der Waals surface area contributed by atoms with Gasteiger partial charge < -0.3 is 14.9 Å². The van der Waals surface area contributed by atoms with Crippen LogP contribution in [0.2, 0.25) is 0 Å². The highest BCUT2D eigenvalue weighted by Gasteiger charge is 2.87. The Morgan fingerprint density at radius 1 is 0.912 bits per heavy atom. The zero-order valence-corrected chi connectivity index (χ0v) is 21.5. The molecule has 1 aliphatic heterocycles. The maximum atomic E-state index is 13.7. The van der Waals surface area contributed by atoms with Gasteiger partial charge in [-0.25, -0.2) is 0 Å². The number of hydrogen-bond donors (Lipinski definition) is 2. The third-order valence-electron chi connectivity index (χ3n) is 13.7. The van der Waals surface area contributed by atoms with Crippen LogP contribution >= 0.6 is 0 Å². The van der Waals surface area contributed by atoms with Crippen molar-refractivity contribution < 1.29 is 24.5 Å². The first-order valence-corrected chi connectivity index (χ1v) is 13.9. The summed E-state index contributed by atoms with van der Waals surface area (Å²) in [5, 5.41) is 21.1. The molecule has 2 N–H and O–H groups in total. The number of rotatable bonds is 0. The Bertz CT molecular complexity index is 1000. The van der Waals surface area contributed by atoms with Gasteiger partial charge in [0.1, 0.15) is 11.7 Å². The maximum absolute atomic E-state index is 13.7. The summed E-state index contributed by atoms with van der Waals surface area (Å²) in [5.41, 5.74) is -0.931. The van der Waals surface area contributed by atoms with Gasteiger partial charge in [-0.3, -0.25) is 9.59 Å². The molecule has 6 saturated carbocycles. The number of ketones is 1. The zero-order valence-electron chi connectivity index (χ0n) is 21.5. The molecule has 1 saturated heterocycles. The summed E-state index contributed by atoms with van der Waals surface area (Å²) in [4.78, 5) is 26.9. The van der Waals surface area contributed by atoms with E-state index in [0.29, 0.717) is 30.1 Å². The van der Waals surface area contributed by atoms with E-state index < -0.39 is 12.2 Å². The standard InChI is InChI=1S/C29H42O5/c1-24(2)8-10-28-11-9-27(5)26(4)7-6-16-20(31)21(32)18(30)13-25(16,3)22(26)15-12-17(15)29(27,19(28)14-24)34-23(28)33/h15-19,21-22,30,32H,6-14H2,1-5H3/t15-,16+,17+,18-,19-,21+,22-,25+,26-,27+,28+,29+/m1/s1. The fraction of sp³-hybridized carbons (Fsp3) is 0.931. The molecule has 7 rings (SSSR count). The van der Waals surface area contributed by atoms with Gasteiger partial charge in [-0.05, 0) is 85.9 Å². The molecular weight excluding hydrogens is 428 g/mol. The second-order valence-corrected chi connectivity index (χ2v) is 15.2. The van der Waals surface area contributed by atoms with E-state index in [9.17, 15) is 19.8 Å². The van der Waals surface area contributed by atoms with Crippen molar-refractivity contribution >= 4 is 11.8 Å². The lowest BCUT2D eigenvalue weighted by atomic mass is 9.32. The van der Waals surface area contributed by atoms with Crippen molar-refractivity contribution in [2.75, 3.05) is 0 Å². The van der Waals surface area contributed by atoms with Gasteiger partial charge >= 0.3 is 5.97 Å². The van der Waals surface area contributed by atoms with Gasteiger partial charge in [-0.15, -0.1) is 0 Å². The summed E-state index contributed by atoms with van der Waals surface area (Å²) in [6.07, 6.45) is 6.16. The van der Waals surface area contributed by atoms with Crippen LogP contribution in [0.5, 0.6) is 0 Å². The molecule has 2 bridgehead atoms. The van der Waals surface area contributed by atoms with Crippen molar-refractivity contribution in [1.29, 1.82) is 0 Å². The number of aliphatic hydroxyl groups is 2. The van der Waals surface area contributed by atoms with Crippen molar-refractivity contribution in [3.05, 3.63) is 0 Å². The summed E-state index contributed by atoms with van der Waals surface area (Å²) in [6, 6.07) is 0. The lowest BCUT2D eigenvalue weighted by Gasteiger charge is -2.72. The van der Waals surface area contributed by atoms with E-state index in [-0.39, 0.29) is 50.3 Å². The number of ether oxygens (including phenoxy) is 1. The molecule has 0 aromatic heterocycles. The molecule has 0 amide bonds. The molecule has 5 nitrogen and oxygen atoms in total. The minimum Gasteiger partial charge on any atom is -0.457 e. The average Bonchev–Trinajstić information content (AvgIpc) is 3.50. The summed E-state index contributed by atoms with van der Waals surface area (Å²) in [7, 11) is 0. The van der Waals surface area contributed by atoms with Gasteiger partial charge in [0.2, 0.25) is 0 Å². The molecule has 0 radical (unpaired) electrons. The minimum atomic E-state index is -1.24. The summed E-state index contributed by atoms with van der Waals surface area (Å²) in [5.74, 6) is 1.20. The van der Waals surface area contributed by atoms with E-state index in [4.69, 9.17) is 4.74 Å². The number of carbonyl (C=O) groups excluding carboxylic acids is 2. The molecule has 188 valence electrons. The Hall–Kier alpha value is -0.940. The van der Waals surface area contributed by atoms with Crippen LogP contribution in [0.4, 0.5) is 0 Å². The highest BCUT2D eigenvalue weighted by molar-refractivity contribution is 5.88. The largest absolute Gasteiger partial charge is 0.457 e. The first-order valence-electron chi connectivity index (χ1n) is 13.9. The van der Waals surface area contributed by atoms with Crippen LogP contribution in [0.15, 0.2) is 0 Å². The minimum absolute atomic E-state index is 0.0589. The molecular formula is C29H42O5. The van der Waals surface area contributed by atoms with Gasteiger partial charge in [-0.2, -0.15) is 0 Å². The second kappa shape index (κ2) is 5.96. The summed E-state index contributed by atoms with van der Waals surface area (Å²) >= 11 is 0. The van der Waals surface area contributed by atoms with Crippen LogP contribution in [0, 0.1) is 56.7 Å². The quantitative estimate of drug-likeness (QED) is 0.517. The molecule has 0 aromatic rings. The number of Topliss-reactive ketones (excluding diaryl/α,β-unsaturated/α-hetero) is 1. The predicted octanol–water partition coefficient (Wildman–Crippen LogP) is 4.28. The van der Waals surface area contributed by atoms with Gasteiger partial charge in [0, 0.05) is 23.2 Å². The van der Waals surface area contributed by atoms with Crippen molar-refractivity contribution in [3.63, 3.8) is 0 Å². The van der Waals surface area contributed by atoms with E-state index in [0.717, 1.165) is 51.4 Å². The van der Waals surface area contributed by atoms with Crippen LogP contribution in [-0.2, 0) is 14.3 Å². The Kier molecular flexibility index (Phi) is 3.90. The average molecular weight is 471 g/mol. The molecule has 6 aliphatic carbocycles. The van der Waals surface area contributed by atoms with Gasteiger partial charge in [-0.1, -0.05) is 34.6 Å². The van der Waals surface area contributed by atoms with Gasteiger partial charge in [0.05, 0.1) is 11.5 Å². The van der Waals surface area contributed by atoms with Crippen LogP contribution < -0.4 is 0 Å². The Morgan fingerprint density at radius 3 is 2.35 bits per heavy atom. The highest BCUT2D eigenvalue weighted by atomic mass is 16.6. The third kappa shape index (κ3) is 2.08. The summed E-state index contributed by atoms with van der Waals surface area (Å²) < 4.78 is 6.81. The molecule has 1 spiro atoms. The fourth-order valence-corrected chi connectivity index (χ4v) is 12.0. The second-order valence-electron chi connectivity index (χ2n) is 15.2. The van der Waals surface area contributed by atoms with Crippen molar-refractivity contribution in [2.45, 2.75) is 110 Å². The third-order valence-corrected chi connectivity index (χ3v) is 13.7. The monoisotopic (exact) mass is 470 g/mol. The molecule has 5 heteroatoms. The van der Waals surface area contributed by atoms with Crippen LogP contribution in [-0.4, -0.2) is 39.8 Å². The molecule has 0 unspecified atom stereocenters. The topological polar surface area (TPSA) is 83.8 Å². The van der Waals surface area contributed by atoms with Gasteiger partial charge in [0.25, 0.3) is 0 Å². The van der Waals surface area contributed by atoms with E-state index in [2.05, 4.69) is 34.6 Å². The fourth-order valence-electron chi connectivity index (χ4n) is 12.0. The van der Waals surface area contributed by atoms with E-state index in [1.165, 1.54) is 0 Å². The number of esters is 1.